The number of fused-ring (bicyclic) bond motifs is 1. The summed E-state index contributed by atoms with van der Waals surface area (Å²) in [6, 6.07) is 8.15. The summed E-state index contributed by atoms with van der Waals surface area (Å²) in [6.07, 6.45) is -0.615. The van der Waals surface area contributed by atoms with Crippen LogP contribution in [0.15, 0.2) is 29.6 Å². The van der Waals surface area contributed by atoms with Gasteiger partial charge in [-0.2, -0.15) is 5.10 Å². The molecule has 3 rings (SSSR count). The first kappa shape index (κ1) is 12.4. The molecule has 3 nitrogen and oxygen atoms in total. The largest absolute Gasteiger partial charge is 0.383 e. The maximum Gasteiger partial charge on any atom is 0.109 e. The summed E-state index contributed by atoms with van der Waals surface area (Å²) in [5, 5.41) is 18.4. The zero-order chi connectivity index (χ0) is 13.6. The average Bonchev–Trinajstić information content (AvgIpc) is 2.94. The van der Waals surface area contributed by atoms with Crippen molar-refractivity contribution in [2.24, 2.45) is 7.05 Å². The molecule has 1 aromatic carbocycles. The Bertz CT molecular complexity index is 742. The molecule has 0 aliphatic rings. The van der Waals surface area contributed by atoms with E-state index < -0.39 is 6.10 Å². The van der Waals surface area contributed by atoms with Crippen molar-refractivity contribution in [2.75, 3.05) is 0 Å². The molecule has 3 aromatic rings. The number of benzene rings is 1. The highest BCUT2D eigenvalue weighted by Gasteiger charge is 2.21. The lowest BCUT2D eigenvalue weighted by Gasteiger charge is -2.13. The molecule has 1 atom stereocenters. The number of hydrogen-bond acceptors (Lipinski definition) is 3. The molecule has 98 valence electrons. The fourth-order valence-corrected chi connectivity index (χ4v) is 3.51. The first-order chi connectivity index (χ1) is 9.09. The quantitative estimate of drug-likeness (QED) is 0.777. The van der Waals surface area contributed by atoms with Gasteiger partial charge >= 0.3 is 0 Å². The van der Waals surface area contributed by atoms with Gasteiger partial charge in [0.05, 0.1) is 5.69 Å². The van der Waals surface area contributed by atoms with Crippen LogP contribution in [0.5, 0.6) is 0 Å². The summed E-state index contributed by atoms with van der Waals surface area (Å²) in [4.78, 5) is 0. The Labute approximate surface area is 116 Å². The Morgan fingerprint density at radius 3 is 2.74 bits per heavy atom. The Hall–Kier alpha value is -1.65. The second-order valence-electron chi connectivity index (χ2n) is 4.80. The van der Waals surface area contributed by atoms with Crippen LogP contribution in [0, 0.1) is 13.8 Å². The minimum absolute atomic E-state index is 0.615. The second kappa shape index (κ2) is 4.47. The van der Waals surface area contributed by atoms with Gasteiger partial charge in [-0.25, -0.2) is 0 Å². The first-order valence-corrected chi connectivity index (χ1v) is 7.12. The summed E-state index contributed by atoms with van der Waals surface area (Å²) in [7, 11) is 1.91. The van der Waals surface area contributed by atoms with Gasteiger partial charge in [-0.1, -0.05) is 18.2 Å². The summed E-state index contributed by atoms with van der Waals surface area (Å²) >= 11 is 1.67. The van der Waals surface area contributed by atoms with E-state index in [0.29, 0.717) is 0 Å². The fraction of sp³-hybridized carbons (Fsp3) is 0.267. The van der Waals surface area contributed by atoms with E-state index >= 15 is 0 Å². The molecule has 4 heteroatoms. The molecule has 2 aromatic heterocycles. The highest BCUT2D eigenvalue weighted by atomic mass is 32.1. The smallest absolute Gasteiger partial charge is 0.109 e. The molecule has 0 amide bonds. The highest BCUT2D eigenvalue weighted by molar-refractivity contribution is 7.17. The Morgan fingerprint density at radius 2 is 2.05 bits per heavy atom. The number of thiophene rings is 1. The Balaban J connectivity index is 2.18. The molecule has 1 unspecified atom stereocenters. The third-order valence-corrected chi connectivity index (χ3v) is 4.62. The maximum absolute atomic E-state index is 10.7. The van der Waals surface area contributed by atoms with Crippen LogP contribution in [0.1, 0.15) is 28.6 Å². The summed E-state index contributed by atoms with van der Waals surface area (Å²) in [5.74, 6) is 0. The lowest BCUT2D eigenvalue weighted by Crippen LogP contribution is -2.03. The number of aryl methyl sites for hydroxylation is 2. The van der Waals surface area contributed by atoms with Crippen LogP contribution >= 0.6 is 11.3 Å². The predicted octanol–water partition coefficient (Wildman–Crippen LogP) is 3.33. The maximum atomic E-state index is 10.7. The van der Waals surface area contributed by atoms with Crippen molar-refractivity contribution in [2.45, 2.75) is 20.0 Å². The number of aliphatic hydroxyl groups excluding tert-OH is 1. The molecule has 0 radical (unpaired) electrons. The highest BCUT2D eigenvalue weighted by Crippen LogP contribution is 2.34. The van der Waals surface area contributed by atoms with Gasteiger partial charge in [0, 0.05) is 28.6 Å². The topological polar surface area (TPSA) is 38.0 Å². The van der Waals surface area contributed by atoms with E-state index in [9.17, 15) is 5.11 Å². The van der Waals surface area contributed by atoms with E-state index in [1.54, 1.807) is 11.3 Å². The summed E-state index contributed by atoms with van der Waals surface area (Å²) in [5.41, 5.74) is 3.79. The molecule has 0 saturated carbocycles. The molecular formula is C15H16N2OS. The summed E-state index contributed by atoms with van der Waals surface area (Å²) in [6.45, 7) is 3.94. The van der Waals surface area contributed by atoms with Gasteiger partial charge in [0.1, 0.15) is 6.10 Å². The van der Waals surface area contributed by atoms with Crippen molar-refractivity contribution >= 4 is 21.4 Å². The summed E-state index contributed by atoms with van der Waals surface area (Å²) < 4.78 is 2.97. The van der Waals surface area contributed by atoms with Crippen LogP contribution in [0.2, 0.25) is 0 Å². The van der Waals surface area contributed by atoms with Gasteiger partial charge < -0.3 is 5.11 Å². The lowest BCUT2D eigenvalue weighted by molar-refractivity contribution is 0.220. The molecule has 0 spiro atoms. The number of aliphatic hydroxyl groups is 1. The standard InChI is InChI=1S/C15H16N2OS/c1-9-13(10(2)17(3)16-9)14(18)12-6-4-5-11-7-8-19-15(11)12/h4-8,14,18H,1-3H3. The van der Waals surface area contributed by atoms with Gasteiger partial charge in [-0.15, -0.1) is 11.3 Å². The van der Waals surface area contributed by atoms with Crippen molar-refractivity contribution in [3.63, 3.8) is 0 Å². The SMILES string of the molecule is Cc1nn(C)c(C)c1C(O)c1cccc2ccsc12. The first-order valence-electron chi connectivity index (χ1n) is 6.24. The fourth-order valence-electron chi connectivity index (χ4n) is 2.57. The van der Waals surface area contributed by atoms with Crippen LogP contribution in [0.4, 0.5) is 0 Å². The van der Waals surface area contributed by atoms with Crippen molar-refractivity contribution in [3.8, 4) is 0 Å². The predicted molar refractivity (Wildman–Crippen MR) is 78.6 cm³/mol. The van der Waals surface area contributed by atoms with Crippen LogP contribution in [0.3, 0.4) is 0 Å². The molecular weight excluding hydrogens is 256 g/mol. The monoisotopic (exact) mass is 272 g/mol. The average molecular weight is 272 g/mol. The van der Waals surface area contributed by atoms with Crippen molar-refractivity contribution < 1.29 is 5.11 Å². The lowest BCUT2D eigenvalue weighted by atomic mass is 9.99. The molecule has 0 saturated heterocycles. The Kier molecular flexibility index (Phi) is 2.92. The third-order valence-electron chi connectivity index (χ3n) is 3.64. The second-order valence-corrected chi connectivity index (χ2v) is 5.71. The van der Waals surface area contributed by atoms with Crippen LogP contribution in [0.25, 0.3) is 10.1 Å². The van der Waals surface area contributed by atoms with Gasteiger partial charge in [0.2, 0.25) is 0 Å². The van der Waals surface area contributed by atoms with Crippen LogP contribution < -0.4 is 0 Å². The molecule has 1 N–H and O–H groups in total. The third kappa shape index (κ3) is 1.88. The number of rotatable bonds is 2. The van der Waals surface area contributed by atoms with Crippen LogP contribution in [-0.2, 0) is 7.05 Å². The van der Waals surface area contributed by atoms with Crippen LogP contribution in [-0.4, -0.2) is 14.9 Å². The molecule has 0 fully saturated rings. The molecule has 2 heterocycles. The Morgan fingerprint density at radius 1 is 1.26 bits per heavy atom. The van der Waals surface area contributed by atoms with Gasteiger partial charge in [-0.3, -0.25) is 4.68 Å². The molecule has 0 aliphatic carbocycles. The van der Waals surface area contributed by atoms with Crippen molar-refractivity contribution in [1.82, 2.24) is 9.78 Å². The number of aromatic nitrogens is 2. The number of hydrogen-bond donors (Lipinski definition) is 1. The van der Waals surface area contributed by atoms with E-state index in [1.165, 1.54) is 5.39 Å². The minimum atomic E-state index is -0.615. The van der Waals surface area contributed by atoms with Gasteiger partial charge in [0.15, 0.2) is 0 Å². The van der Waals surface area contributed by atoms with E-state index in [-0.39, 0.29) is 0 Å². The van der Waals surface area contributed by atoms with Crippen molar-refractivity contribution in [3.05, 3.63) is 52.2 Å². The van der Waals surface area contributed by atoms with Gasteiger partial charge in [-0.05, 0) is 30.7 Å². The minimum Gasteiger partial charge on any atom is -0.383 e. The zero-order valence-corrected chi connectivity index (χ0v) is 12.0. The molecule has 0 aliphatic heterocycles. The van der Waals surface area contributed by atoms with E-state index in [4.69, 9.17) is 0 Å². The normalized spacial score (nSPS) is 13.1. The van der Waals surface area contributed by atoms with E-state index in [1.807, 2.05) is 37.7 Å². The molecule has 19 heavy (non-hydrogen) atoms. The molecule has 0 bridgehead atoms. The van der Waals surface area contributed by atoms with Crippen molar-refractivity contribution in [1.29, 1.82) is 0 Å². The van der Waals surface area contributed by atoms with Gasteiger partial charge in [0.25, 0.3) is 0 Å². The van der Waals surface area contributed by atoms with E-state index in [0.717, 1.165) is 27.2 Å². The zero-order valence-electron chi connectivity index (χ0n) is 11.2. The van der Waals surface area contributed by atoms with E-state index in [2.05, 4.69) is 22.6 Å². The number of nitrogens with zero attached hydrogens (tertiary/aromatic N) is 2.